The number of aliphatic hydroxyl groups excluding tert-OH is 1. The number of aliphatic carboxylic acids is 1. The van der Waals surface area contributed by atoms with Crippen LogP contribution in [-0.2, 0) is 4.79 Å². The highest BCUT2D eigenvalue weighted by molar-refractivity contribution is 5.72. The van der Waals surface area contributed by atoms with Gasteiger partial charge in [-0.2, -0.15) is 0 Å². The van der Waals surface area contributed by atoms with Crippen LogP contribution in [0.4, 0.5) is 0 Å². The van der Waals surface area contributed by atoms with Crippen LogP contribution in [0, 0.1) is 0 Å². The number of para-hydroxylation sites is 1. The molecule has 2 aromatic carbocycles. The van der Waals surface area contributed by atoms with Crippen LogP contribution in [0.1, 0.15) is 12.8 Å². The van der Waals surface area contributed by atoms with E-state index in [1.54, 1.807) is 36.4 Å². The van der Waals surface area contributed by atoms with Gasteiger partial charge in [-0.25, -0.2) is 4.79 Å². The van der Waals surface area contributed by atoms with Gasteiger partial charge in [0.15, 0.2) is 6.10 Å². The number of aromatic hydroxyl groups is 1. The number of phenolic OH excluding ortho intramolecular Hbond substituents is 1. The van der Waals surface area contributed by atoms with Crippen LogP contribution >= 0.6 is 0 Å². The molecule has 0 aliphatic rings. The van der Waals surface area contributed by atoms with E-state index >= 15 is 0 Å². The topological polar surface area (TPSA) is 108 Å². The lowest BCUT2D eigenvalue weighted by Gasteiger charge is -2.16. The summed E-state index contributed by atoms with van der Waals surface area (Å²) in [6.07, 6.45) is -0.654. The first kappa shape index (κ1) is 20.5. The summed E-state index contributed by atoms with van der Waals surface area (Å²) in [7, 11) is 0. The van der Waals surface area contributed by atoms with Gasteiger partial charge in [-0.15, -0.1) is 0 Å². The van der Waals surface area contributed by atoms with Crippen molar-refractivity contribution < 1.29 is 29.6 Å². The van der Waals surface area contributed by atoms with Gasteiger partial charge in [-0.05, 0) is 55.8 Å². The number of aliphatic hydroxyl groups is 1. The Bertz CT molecular complexity index is 677. The number of hydrogen-bond acceptors (Lipinski definition) is 6. The number of benzene rings is 2. The highest BCUT2D eigenvalue weighted by Gasteiger charge is 2.18. The van der Waals surface area contributed by atoms with Crippen LogP contribution < -0.4 is 14.8 Å². The zero-order chi connectivity index (χ0) is 19.5. The van der Waals surface area contributed by atoms with Crippen molar-refractivity contribution in [2.45, 2.75) is 25.0 Å². The summed E-state index contributed by atoms with van der Waals surface area (Å²) < 4.78 is 10.9. The minimum absolute atomic E-state index is 0.118. The Morgan fingerprint density at radius 3 is 2.41 bits per heavy atom. The van der Waals surface area contributed by atoms with Gasteiger partial charge in [0.1, 0.15) is 30.0 Å². The van der Waals surface area contributed by atoms with Crippen LogP contribution in [0.5, 0.6) is 17.2 Å². The molecular weight excluding hydrogens is 350 g/mol. The van der Waals surface area contributed by atoms with Crippen LogP contribution in [0.3, 0.4) is 0 Å². The number of phenols is 1. The molecule has 2 rings (SSSR count). The molecule has 0 bridgehead atoms. The van der Waals surface area contributed by atoms with Crippen molar-refractivity contribution in [3.63, 3.8) is 0 Å². The molecule has 0 aromatic heterocycles. The summed E-state index contributed by atoms with van der Waals surface area (Å²) in [6.45, 7) is 1.00. The number of carboxylic acids is 1. The zero-order valence-corrected chi connectivity index (χ0v) is 15.0. The molecular formula is C20H25NO6. The smallest absolute Gasteiger partial charge is 0.344 e. The first-order valence-corrected chi connectivity index (χ1v) is 8.79. The molecule has 7 nitrogen and oxygen atoms in total. The van der Waals surface area contributed by atoms with Crippen molar-refractivity contribution in [2.24, 2.45) is 0 Å². The minimum Gasteiger partial charge on any atom is -0.508 e. The summed E-state index contributed by atoms with van der Waals surface area (Å²) >= 11 is 0. The predicted molar refractivity (Wildman–Crippen MR) is 100 cm³/mol. The minimum atomic E-state index is -0.999. The lowest BCUT2D eigenvalue weighted by atomic mass is 10.2. The highest BCUT2D eigenvalue weighted by atomic mass is 16.5. The second-order valence-corrected chi connectivity index (χ2v) is 6.06. The summed E-state index contributed by atoms with van der Waals surface area (Å²) in [5, 5.41) is 31.4. The third kappa shape index (κ3) is 7.98. The SMILES string of the molecule is O=C(O)C(CCCNCC(O)COc1ccc(O)cc1)Oc1ccccc1. The first-order chi connectivity index (χ1) is 13.0. The maximum atomic E-state index is 11.3. The van der Waals surface area contributed by atoms with Crippen molar-refractivity contribution in [3.8, 4) is 17.2 Å². The number of ether oxygens (including phenoxy) is 2. The van der Waals surface area contributed by atoms with E-state index in [0.717, 1.165) is 0 Å². The monoisotopic (exact) mass is 375 g/mol. The number of carboxylic acid groups (broad SMARTS) is 1. The zero-order valence-electron chi connectivity index (χ0n) is 15.0. The normalized spacial score (nSPS) is 12.9. The molecule has 2 unspecified atom stereocenters. The van der Waals surface area contributed by atoms with E-state index < -0.39 is 18.2 Å². The average molecular weight is 375 g/mol. The van der Waals surface area contributed by atoms with Crippen LogP contribution in [0.15, 0.2) is 54.6 Å². The Hall–Kier alpha value is -2.77. The summed E-state index contributed by atoms with van der Waals surface area (Å²) in [4.78, 5) is 11.3. The molecule has 146 valence electrons. The number of carbonyl (C=O) groups is 1. The molecule has 0 saturated carbocycles. The van der Waals surface area contributed by atoms with Gasteiger partial charge >= 0.3 is 5.97 Å². The molecule has 27 heavy (non-hydrogen) atoms. The van der Waals surface area contributed by atoms with E-state index in [2.05, 4.69) is 5.32 Å². The standard InChI is InChI=1S/C20H25NO6/c22-15-8-10-17(11-9-15)26-14-16(23)13-21-12-4-7-19(20(24)25)27-18-5-2-1-3-6-18/h1-3,5-6,8-11,16,19,21-23H,4,7,12-14H2,(H,24,25). The number of hydrogen-bond donors (Lipinski definition) is 4. The maximum absolute atomic E-state index is 11.3. The predicted octanol–water partition coefficient (Wildman–Crippen LogP) is 2.03. The van der Waals surface area contributed by atoms with Gasteiger partial charge in [0.2, 0.25) is 0 Å². The lowest BCUT2D eigenvalue weighted by Crippen LogP contribution is -2.33. The van der Waals surface area contributed by atoms with Crippen molar-refractivity contribution >= 4 is 5.97 Å². The molecule has 2 aromatic rings. The van der Waals surface area contributed by atoms with E-state index in [0.29, 0.717) is 37.4 Å². The molecule has 0 spiro atoms. The fourth-order valence-corrected chi connectivity index (χ4v) is 2.37. The van der Waals surface area contributed by atoms with E-state index in [4.69, 9.17) is 9.47 Å². The third-order valence-electron chi connectivity index (χ3n) is 3.78. The van der Waals surface area contributed by atoms with Crippen molar-refractivity contribution in [1.29, 1.82) is 0 Å². The van der Waals surface area contributed by atoms with Gasteiger partial charge in [0.25, 0.3) is 0 Å². The molecule has 0 aliphatic heterocycles. The Morgan fingerprint density at radius 2 is 1.74 bits per heavy atom. The first-order valence-electron chi connectivity index (χ1n) is 8.79. The van der Waals surface area contributed by atoms with Gasteiger partial charge in [0, 0.05) is 6.54 Å². The van der Waals surface area contributed by atoms with Crippen LogP contribution in [0.2, 0.25) is 0 Å². The Kier molecular flexibility index (Phi) is 8.41. The quantitative estimate of drug-likeness (QED) is 0.420. The molecule has 0 aliphatic carbocycles. The van der Waals surface area contributed by atoms with Gasteiger partial charge in [-0.1, -0.05) is 18.2 Å². The van der Waals surface area contributed by atoms with Crippen LogP contribution in [0.25, 0.3) is 0 Å². The van der Waals surface area contributed by atoms with Gasteiger partial charge in [0.05, 0.1) is 0 Å². The summed E-state index contributed by atoms with van der Waals surface area (Å²) in [5.74, 6) is 0.246. The molecule has 0 fully saturated rings. The second kappa shape index (κ2) is 11.1. The van der Waals surface area contributed by atoms with Crippen molar-refractivity contribution in [3.05, 3.63) is 54.6 Å². The van der Waals surface area contributed by atoms with Gasteiger partial charge in [-0.3, -0.25) is 0 Å². The molecule has 0 radical (unpaired) electrons. The van der Waals surface area contributed by atoms with E-state index in [9.17, 15) is 20.1 Å². The number of nitrogens with one attached hydrogen (secondary N) is 1. The third-order valence-corrected chi connectivity index (χ3v) is 3.78. The Labute approximate surface area is 158 Å². The molecule has 4 N–H and O–H groups in total. The van der Waals surface area contributed by atoms with Crippen LogP contribution in [-0.4, -0.2) is 53.2 Å². The largest absolute Gasteiger partial charge is 0.508 e. The summed E-state index contributed by atoms with van der Waals surface area (Å²) in [5.41, 5.74) is 0. The van der Waals surface area contributed by atoms with Crippen molar-refractivity contribution in [2.75, 3.05) is 19.7 Å². The Morgan fingerprint density at radius 1 is 1.04 bits per heavy atom. The average Bonchev–Trinajstić information content (AvgIpc) is 2.67. The van der Waals surface area contributed by atoms with E-state index in [1.165, 1.54) is 12.1 Å². The Balaban J connectivity index is 1.60. The molecule has 0 amide bonds. The fourth-order valence-electron chi connectivity index (χ4n) is 2.37. The van der Waals surface area contributed by atoms with Gasteiger partial charge < -0.3 is 30.1 Å². The molecule has 7 heteroatoms. The maximum Gasteiger partial charge on any atom is 0.344 e. The van der Waals surface area contributed by atoms with E-state index in [1.807, 2.05) is 6.07 Å². The number of rotatable bonds is 12. The van der Waals surface area contributed by atoms with Crippen molar-refractivity contribution in [1.82, 2.24) is 5.32 Å². The molecule has 0 saturated heterocycles. The van der Waals surface area contributed by atoms with E-state index in [-0.39, 0.29) is 12.4 Å². The molecule has 2 atom stereocenters. The lowest BCUT2D eigenvalue weighted by molar-refractivity contribution is -0.145. The fraction of sp³-hybridized carbons (Fsp3) is 0.350. The molecule has 0 heterocycles. The highest BCUT2D eigenvalue weighted by Crippen LogP contribution is 2.16. The second-order valence-electron chi connectivity index (χ2n) is 6.06. The summed E-state index contributed by atoms with van der Waals surface area (Å²) in [6, 6.07) is 15.1.